The summed E-state index contributed by atoms with van der Waals surface area (Å²) in [6, 6.07) is 11.7. The van der Waals surface area contributed by atoms with E-state index < -0.39 is 0 Å². The number of piperazine rings is 1. The van der Waals surface area contributed by atoms with Gasteiger partial charge in [-0.15, -0.1) is 0 Å². The minimum absolute atomic E-state index is 0.172. The number of nitrogens with one attached hydrogen (secondary N) is 2. The second-order valence-electron chi connectivity index (χ2n) is 5.32. The summed E-state index contributed by atoms with van der Waals surface area (Å²) in [5.41, 5.74) is 1.19. The summed E-state index contributed by atoms with van der Waals surface area (Å²) >= 11 is 0. The Hall–Kier alpha value is -2.32. The molecule has 0 bridgehead atoms. The first-order valence-corrected chi connectivity index (χ1v) is 7.18. The summed E-state index contributed by atoms with van der Waals surface area (Å²) in [5.74, 6) is -0.312. The summed E-state index contributed by atoms with van der Waals surface area (Å²) < 4.78 is 0. The van der Waals surface area contributed by atoms with Gasteiger partial charge in [0.05, 0.1) is 33.2 Å². The fourth-order valence-corrected chi connectivity index (χ4v) is 2.23. The first kappa shape index (κ1) is 15.1. The second-order valence-corrected chi connectivity index (χ2v) is 5.32. The highest BCUT2D eigenvalue weighted by Crippen LogP contribution is 2.01. The molecule has 5 nitrogen and oxygen atoms in total. The summed E-state index contributed by atoms with van der Waals surface area (Å²) in [5, 5.41) is 12.0. The Kier molecular flexibility index (Phi) is 5.35. The maximum Gasteiger partial charge on any atom is 0.263 e. The number of hydrogen-bond acceptors (Lipinski definition) is 3. The van der Waals surface area contributed by atoms with Gasteiger partial charge in [0.15, 0.2) is 0 Å². The van der Waals surface area contributed by atoms with Crippen molar-refractivity contribution in [3.63, 3.8) is 0 Å². The topological polar surface area (TPSA) is 60.6 Å². The van der Waals surface area contributed by atoms with Gasteiger partial charge in [0, 0.05) is 12.7 Å². The molecule has 1 aliphatic rings. The lowest BCUT2D eigenvalue weighted by Crippen LogP contribution is -3.11. The highest BCUT2D eigenvalue weighted by Gasteiger charge is 2.16. The van der Waals surface area contributed by atoms with Crippen LogP contribution in [0.2, 0.25) is 0 Å². The van der Waals surface area contributed by atoms with Gasteiger partial charge >= 0.3 is 0 Å². The predicted molar refractivity (Wildman–Crippen MR) is 80.2 cm³/mol. The third kappa shape index (κ3) is 4.62. The Balaban J connectivity index is 1.91. The largest absolute Gasteiger partial charge is 0.365 e. The molecule has 1 aliphatic heterocycles. The van der Waals surface area contributed by atoms with Gasteiger partial charge in [0.2, 0.25) is 0 Å². The zero-order valence-electron chi connectivity index (χ0n) is 12.3. The third-order valence-electron chi connectivity index (χ3n) is 3.62. The van der Waals surface area contributed by atoms with Gasteiger partial charge in [-0.1, -0.05) is 30.3 Å². The zero-order chi connectivity index (χ0) is 15.1. The van der Waals surface area contributed by atoms with Crippen LogP contribution < -0.4 is 10.2 Å². The number of amides is 1. The fraction of sp³-hybridized carbons (Fsp3) is 0.375. The molecule has 1 heterocycles. The van der Waals surface area contributed by atoms with Crippen molar-refractivity contribution < 1.29 is 9.69 Å². The Morgan fingerprint density at radius 1 is 1.38 bits per heavy atom. The smallest absolute Gasteiger partial charge is 0.263 e. The Bertz CT molecular complexity index is 539. The van der Waals surface area contributed by atoms with Crippen LogP contribution in [0.5, 0.6) is 0 Å². The van der Waals surface area contributed by atoms with Gasteiger partial charge < -0.3 is 15.1 Å². The van der Waals surface area contributed by atoms with Crippen LogP contribution in [-0.4, -0.2) is 44.0 Å². The molecule has 1 aromatic carbocycles. The van der Waals surface area contributed by atoms with Crippen LogP contribution in [0.3, 0.4) is 0 Å². The Morgan fingerprint density at radius 2 is 2.05 bits per heavy atom. The van der Waals surface area contributed by atoms with Crippen molar-refractivity contribution in [1.82, 2.24) is 10.2 Å². The van der Waals surface area contributed by atoms with Crippen LogP contribution >= 0.6 is 0 Å². The lowest BCUT2D eigenvalue weighted by atomic mass is 10.2. The highest BCUT2D eigenvalue weighted by molar-refractivity contribution is 5.97. The van der Waals surface area contributed by atoms with E-state index in [0.717, 1.165) is 31.7 Å². The minimum atomic E-state index is -0.312. The molecule has 0 aromatic heterocycles. The predicted octanol–water partition coefficient (Wildman–Crippen LogP) is -0.459. The monoisotopic (exact) mass is 285 g/mol. The van der Waals surface area contributed by atoms with Crippen molar-refractivity contribution in [3.05, 3.63) is 47.7 Å². The molecule has 5 heteroatoms. The normalized spacial score (nSPS) is 16.4. The highest BCUT2D eigenvalue weighted by atomic mass is 16.1. The SMILES string of the molecule is C[NH+]1CCN(/C=C(\C#N)C(=O)NCc2ccccc2)CC1. The lowest BCUT2D eigenvalue weighted by molar-refractivity contribution is -0.883. The first-order valence-electron chi connectivity index (χ1n) is 7.18. The van der Waals surface area contributed by atoms with Gasteiger partial charge in [-0.05, 0) is 5.56 Å². The van der Waals surface area contributed by atoms with Crippen molar-refractivity contribution in [2.24, 2.45) is 0 Å². The van der Waals surface area contributed by atoms with Crippen LogP contribution in [0.1, 0.15) is 5.56 Å². The number of nitriles is 1. The lowest BCUT2D eigenvalue weighted by Gasteiger charge is -2.29. The van der Waals surface area contributed by atoms with E-state index in [2.05, 4.69) is 12.4 Å². The van der Waals surface area contributed by atoms with E-state index in [0.29, 0.717) is 6.54 Å². The van der Waals surface area contributed by atoms with E-state index in [9.17, 15) is 4.79 Å². The van der Waals surface area contributed by atoms with Crippen molar-refractivity contribution >= 4 is 5.91 Å². The molecule has 0 aliphatic carbocycles. The van der Waals surface area contributed by atoms with Crippen molar-refractivity contribution in [3.8, 4) is 6.07 Å². The standard InChI is InChI=1S/C16H20N4O/c1-19-7-9-20(10-8-19)13-15(11-17)16(21)18-12-14-5-3-2-4-6-14/h2-6,13H,7-10,12H2,1H3,(H,18,21)/p+1/b15-13+. The molecule has 0 radical (unpaired) electrons. The third-order valence-corrected chi connectivity index (χ3v) is 3.62. The summed E-state index contributed by atoms with van der Waals surface area (Å²) in [4.78, 5) is 15.6. The van der Waals surface area contributed by atoms with Crippen molar-refractivity contribution in [1.29, 1.82) is 5.26 Å². The summed E-state index contributed by atoms with van der Waals surface area (Å²) in [6.07, 6.45) is 1.69. The number of quaternary nitrogens is 1. The molecule has 2 N–H and O–H groups in total. The molecular weight excluding hydrogens is 264 g/mol. The average molecular weight is 285 g/mol. The maximum atomic E-state index is 12.1. The van der Waals surface area contributed by atoms with Crippen LogP contribution in [0, 0.1) is 11.3 Å². The van der Waals surface area contributed by atoms with E-state index in [1.165, 1.54) is 4.90 Å². The molecule has 0 saturated carbocycles. The molecule has 0 atom stereocenters. The molecule has 0 unspecified atom stereocenters. The Morgan fingerprint density at radius 3 is 2.67 bits per heavy atom. The van der Waals surface area contributed by atoms with E-state index >= 15 is 0 Å². The summed E-state index contributed by atoms with van der Waals surface area (Å²) in [7, 11) is 2.15. The number of hydrogen-bond donors (Lipinski definition) is 2. The van der Waals surface area contributed by atoms with Crippen LogP contribution in [-0.2, 0) is 11.3 Å². The van der Waals surface area contributed by atoms with Gasteiger partial charge in [-0.25, -0.2) is 0 Å². The van der Waals surface area contributed by atoms with E-state index in [1.54, 1.807) is 6.20 Å². The minimum Gasteiger partial charge on any atom is -0.365 e. The van der Waals surface area contributed by atoms with Gasteiger partial charge in [-0.2, -0.15) is 5.26 Å². The second kappa shape index (κ2) is 7.46. The quantitative estimate of drug-likeness (QED) is 0.581. The summed E-state index contributed by atoms with van der Waals surface area (Å²) in [6.45, 7) is 4.25. The van der Waals surface area contributed by atoms with E-state index in [1.807, 2.05) is 41.3 Å². The van der Waals surface area contributed by atoms with Crippen LogP contribution in [0.25, 0.3) is 0 Å². The molecule has 1 saturated heterocycles. The number of likely N-dealkylation sites (N-methyl/N-ethyl adjacent to an activating group) is 1. The molecule has 1 amide bonds. The van der Waals surface area contributed by atoms with Crippen molar-refractivity contribution in [2.75, 3.05) is 33.2 Å². The number of rotatable bonds is 4. The Labute approximate surface area is 125 Å². The van der Waals surface area contributed by atoms with Crippen molar-refractivity contribution in [2.45, 2.75) is 6.54 Å². The molecular formula is C16H21N4O+. The molecule has 110 valence electrons. The number of carbonyl (C=O) groups is 1. The first-order chi connectivity index (χ1) is 10.2. The zero-order valence-corrected chi connectivity index (χ0v) is 12.3. The van der Waals surface area contributed by atoms with E-state index in [-0.39, 0.29) is 11.5 Å². The van der Waals surface area contributed by atoms with Gasteiger partial charge in [-0.3, -0.25) is 4.79 Å². The van der Waals surface area contributed by atoms with Gasteiger partial charge in [0.25, 0.3) is 5.91 Å². The maximum absolute atomic E-state index is 12.1. The number of benzene rings is 1. The number of carbonyl (C=O) groups excluding carboxylic acids is 1. The van der Waals surface area contributed by atoms with Gasteiger partial charge in [0.1, 0.15) is 11.6 Å². The molecule has 1 aromatic rings. The molecule has 21 heavy (non-hydrogen) atoms. The molecule has 2 rings (SSSR count). The van der Waals surface area contributed by atoms with Crippen LogP contribution in [0.4, 0.5) is 0 Å². The fourth-order valence-electron chi connectivity index (χ4n) is 2.23. The van der Waals surface area contributed by atoms with E-state index in [4.69, 9.17) is 5.26 Å². The molecule has 1 fully saturated rings. The van der Waals surface area contributed by atoms with Crippen LogP contribution in [0.15, 0.2) is 42.1 Å². The molecule has 0 spiro atoms. The average Bonchev–Trinajstić information content (AvgIpc) is 2.53. The number of nitrogens with zero attached hydrogens (tertiary/aromatic N) is 2.